The summed E-state index contributed by atoms with van der Waals surface area (Å²) in [6, 6.07) is 4.57. The Hall–Kier alpha value is -0.900. The molecule has 1 aliphatic carbocycles. The molecule has 1 aromatic carbocycles. The van der Waals surface area contributed by atoms with Gasteiger partial charge in [0.1, 0.15) is 5.82 Å². The van der Waals surface area contributed by atoms with E-state index in [0.29, 0.717) is 22.0 Å². The van der Waals surface area contributed by atoms with Crippen molar-refractivity contribution in [1.82, 2.24) is 5.32 Å². The maximum Gasteiger partial charge on any atom is 0.251 e. The van der Waals surface area contributed by atoms with E-state index < -0.39 is 0 Å². The predicted molar refractivity (Wildman–Crippen MR) is 59.1 cm³/mol. The van der Waals surface area contributed by atoms with Gasteiger partial charge in [-0.05, 0) is 46.5 Å². The third kappa shape index (κ3) is 2.37. The fourth-order valence-corrected chi connectivity index (χ4v) is 1.79. The van der Waals surface area contributed by atoms with E-state index in [1.807, 2.05) is 0 Å². The average molecular weight is 272 g/mol. The van der Waals surface area contributed by atoms with E-state index in [-0.39, 0.29) is 11.7 Å². The molecule has 0 aliphatic heterocycles. The van der Waals surface area contributed by atoms with Gasteiger partial charge in [0.25, 0.3) is 5.91 Å². The molecule has 2 atom stereocenters. The van der Waals surface area contributed by atoms with Crippen LogP contribution in [0, 0.1) is 11.7 Å². The van der Waals surface area contributed by atoms with Gasteiger partial charge in [-0.15, -0.1) is 0 Å². The first-order valence-electron chi connectivity index (χ1n) is 4.84. The molecule has 0 saturated heterocycles. The highest BCUT2D eigenvalue weighted by Gasteiger charge is 2.33. The lowest BCUT2D eigenvalue weighted by molar-refractivity contribution is 0.0949. The highest BCUT2D eigenvalue weighted by Crippen LogP contribution is 2.29. The van der Waals surface area contributed by atoms with E-state index in [0.717, 1.165) is 6.42 Å². The summed E-state index contributed by atoms with van der Waals surface area (Å²) in [5.74, 6) is 0.0780. The lowest BCUT2D eigenvalue weighted by atomic mass is 10.2. The van der Waals surface area contributed by atoms with Gasteiger partial charge in [-0.3, -0.25) is 4.79 Å². The second-order valence-electron chi connectivity index (χ2n) is 3.92. The summed E-state index contributed by atoms with van der Waals surface area (Å²) in [4.78, 5) is 11.6. The van der Waals surface area contributed by atoms with E-state index in [2.05, 4.69) is 28.2 Å². The molecule has 0 spiro atoms. The van der Waals surface area contributed by atoms with Crippen LogP contribution in [-0.4, -0.2) is 11.9 Å². The van der Waals surface area contributed by atoms with Crippen LogP contribution in [0.3, 0.4) is 0 Å². The van der Waals surface area contributed by atoms with Gasteiger partial charge in [0.2, 0.25) is 0 Å². The standard InChI is InChI=1S/C11H11BrFNO/c1-6-4-10(6)14-11(15)7-2-3-9(13)8(12)5-7/h2-3,5-6,10H,4H2,1H3,(H,14,15). The fourth-order valence-electron chi connectivity index (χ4n) is 1.41. The molecule has 0 aromatic heterocycles. The molecule has 1 amide bonds. The van der Waals surface area contributed by atoms with Crippen LogP contribution in [0.2, 0.25) is 0 Å². The molecule has 0 bridgehead atoms. The molecule has 4 heteroatoms. The summed E-state index contributed by atoms with van der Waals surface area (Å²) < 4.78 is 13.2. The lowest BCUT2D eigenvalue weighted by Crippen LogP contribution is -2.26. The normalized spacial score (nSPS) is 23.7. The van der Waals surface area contributed by atoms with Crippen molar-refractivity contribution in [2.75, 3.05) is 0 Å². The number of carbonyl (C=O) groups excluding carboxylic acids is 1. The smallest absolute Gasteiger partial charge is 0.251 e. The molecule has 1 aromatic rings. The second kappa shape index (κ2) is 3.93. The minimum absolute atomic E-state index is 0.134. The number of rotatable bonds is 2. The van der Waals surface area contributed by atoms with Crippen molar-refractivity contribution in [2.45, 2.75) is 19.4 Å². The van der Waals surface area contributed by atoms with Crippen molar-refractivity contribution in [3.05, 3.63) is 34.1 Å². The molecule has 15 heavy (non-hydrogen) atoms. The van der Waals surface area contributed by atoms with E-state index in [9.17, 15) is 9.18 Å². The molecule has 2 unspecified atom stereocenters. The first kappa shape index (κ1) is 10.6. The Morgan fingerprint density at radius 2 is 2.27 bits per heavy atom. The minimum atomic E-state index is -0.355. The Bertz CT molecular complexity index is 408. The zero-order valence-corrected chi connectivity index (χ0v) is 9.84. The Labute approximate surface area is 96.0 Å². The van der Waals surface area contributed by atoms with Gasteiger partial charge in [-0.2, -0.15) is 0 Å². The first-order valence-corrected chi connectivity index (χ1v) is 5.63. The summed E-state index contributed by atoms with van der Waals surface area (Å²) in [5.41, 5.74) is 0.488. The molecule has 1 N–H and O–H groups in total. The van der Waals surface area contributed by atoms with E-state index >= 15 is 0 Å². The van der Waals surface area contributed by atoms with Crippen molar-refractivity contribution in [3.63, 3.8) is 0 Å². The van der Waals surface area contributed by atoms with Crippen molar-refractivity contribution in [1.29, 1.82) is 0 Å². The number of carbonyl (C=O) groups is 1. The van der Waals surface area contributed by atoms with Crippen LogP contribution < -0.4 is 5.32 Å². The highest BCUT2D eigenvalue weighted by molar-refractivity contribution is 9.10. The summed E-state index contributed by atoms with van der Waals surface area (Å²) in [6.45, 7) is 2.09. The van der Waals surface area contributed by atoms with E-state index in [1.54, 1.807) is 0 Å². The zero-order valence-electron chi connectivity index (χ0n) is 8.26. The van der Waals surface area contributed by atoms with Gasteiger partial charge in [0.15, 0.2) is 0 Å². The first-order chi connectivity index (χ1) is 7.08. The topological polar surface area (TPSA) is 29.1 Å². The maximum atomic E-state index is 12.9. The summed E-state index contributed by atoms with van der Waals surface area (Å²) >= 11 is 3.05. The Balaban J connectivity index is 2.08. The average Bonchev–Trinajstić information content (AvgIpc) is 2.86. The lowest BCUT2D eigenvalue weighted by Gasteiger charge is -2.04. The third-order valence-corrected chi connectivity index (χ3v) is 3.22. The Kier molecular flexibility index (Phi) is 2.78. The number of hydrogen-bond donors (Lipinski definition) is 1. The predicted octanol–water partition coefficient (Wildman–Crippen LogP) is 2.73. The minimum Gasteiger partial charge on any atom is -0.349 e. The molecule has 2 nitrogen and oxygen atoms in total. The molecule has 0 heterocycles. The van der Waals surface area contributed by atoms with Gasteiger partial charge in [0.05, 0.1) is 4.47 Å². The largest absolute Gasteiger partial charge is 0.349 e. The summed E-state index contributed by atoms with van der Waals surface area (Å²) in [5, 5.41) is 2.88. The van der Waals surface area contributed by atoms with Gasteiger partial charge in [-0.25, -0.2) is 4.39 Å². The molecule has 2 rings (SSSR count). The SMILES string of the molecule is CC1CC1NC(=O)c1ccc(F)c(Br)c1. The van der Waals surface area contributed by atoms with Crippen LogP contribution in [0.5, 0.6) is 0 Å². The summed E-state index contributed by atoms with van der Waals surface area (Å²) in [6.07, 6.45) is 1.04. The Morgan fingerprint density at radius 3 is 2.80 bits per heavy atom. The monoisotopic (exact) mass is 271 g/mol. The van der Waals surface area contributed by atoms with Crippen molar-refractivity contribution >= 4 is 21.8 Å². The second-order valence-corrected chi connectivity index (χ2v) is 4.78. The van der Waals surface area contributed by atoms with Gasteiger partial charge in [0, 0.05) is 11.6 Å². The van der Waals surface area contributed by atoms with Crippen LogP contribution in [0.25, 0.3) is 0 Å². The van der Waals surface area contributed by atoms with E-state index in [4.69, 9.17) is 0 Å². The highest BCUT2D eigenvalue weighted by atomic mass is 79.9. The third-order valence-electron chi connectivity index (χ3n) is 2.61. The molecule has 0 radical (unpaired) electrons. The Morgan fingerprint density at radius 1 is 1.60 bits per heavy atom. The number of benzene rings is 1. The molecule has 80 valence electrons. The van der Waals surface area contributed by atoms with Crippen LogP contribution in [0.1, 0.15) is 23.7 Å². The number of halogens is 2. The number of hydrogen-bond acceptors (Lipinski definition) is 1. The number of amides is 1. The summed E-state index contributed by atoms with van der Waals surface area (Å²) in [7, 11) is 0. The van der Waals surface area contributed by atoms with Gasteiger partial charge < -0.3 is 5.32 Å². The zero-order chi connectivity index (χ0) is 11.0. The van der Waals surface area contributed by atoms with Crippen LogP contribution in [0.15, 0.2) is 22.7 Å². The van der Waals surface area contributed by atoms with Crippen molar-refractivity contribution < 1.29 is 9.18 Å². The van der Waals surface area contributed by atoms with Crippen LogP contribution in [0.4, 0.5) is 4.39 Å². The quantitative estimate of drug-likeness (QED) is 0.881. The molecular formula is C11H11BrFNO. The van der Waals surface area contributed by atoms with Gasteiger partial charge >= 0.3 is 0 Å². The maximum absolute atomic E-state index is 12.9. The van der Waals surface area contributed by atoms with Crippen LogP contribution >= 0.6 is 15.9 Å². The molecule has 1 saturated carbocycles. The van der Waals surface area contributed by atoms with Crippen molar-refractivity contribution in [2.24, 2.45) is 5.92 Å². The van der Waals surface area contributed by atoms with Gasteiger partial charge in [-0.1, -0.05) is 6.92 Å². The van der Waals surface area contributed by atoms with Crippen molar-refractivity contribution in [3.8, 4) is 0 Å². The number of nitrogens with one attached hydrogen (secondary N) is 1. The molecule has 1 fully saturated rings. The molecule has 1 aliphatic rings. The fraction of sp³-hybridized carbons (Fsp3) is 0.364. The van der Waals surface area contributed by atoms with E-state index in [1.165, 1.54) is 18.2 Å². The molecular weight excluding hydrogens is 261 g/mol. The van der Waals surface area contributed by atoms with Crippen LogP contribution in [-0.2, 0) is 0 Å².